The van der Waals surface area contributed by atoms with E-state index in [1.165, 1.54) is 0 Å². The van der Waals surface area contributed by atoms with E-state index in [2.05, 4.69) is 22.2 Å². The molecule has 1 aromatic rings. The Kier molecular flexibility index (Phi) is 3.84. The van der Waals surface area contributed by atoms with E-state index in [1.54, 1.807) is 11.8 Å². The van der Waals surface area contributed by atoms with Crippen molar-refractivity contribution < 1.29 is 4.74 Å². The number of aromatic nitrogens is 2. The summed E-state index contributed by atoms with van der Waals surface area (Å²) in [6, 6.07) is 1.94. The van der Waals surface area contributed by atoms with Gasteiger partial charge in [0.15, 0.2) is 0 Å². The zero-order valence-electron chi connectivity index (χ0n) is 9.27. The predicted octanol–water partition coefficient (Wildman–Crippen LogP) is 1.37. The molecule has 1 fully saturated rings. The fourth-order valence-electron chi connectivity index (χ4n) is 1.30. The molecular weight excluding hydrogens is 224 g/mol. The lowest BCUT2D eigenvalue weighted by atomic mass is 10.4. The van der Waals surface area contributed by atoms with Crippen molar-refractivity contribution in [2.24, 2.45) is 0 Å². The van der Waals surface area contributed by atoms with E-state index >= 15 is 0 Å². The summed E-state index contributed by atoms with van der Waals surface area (Å²) < 4.78 is 5.12. The Morgan fingerprint density at radius 3 is 3.00 bits per heavy atom. The topological polar surface area (TPSA) is 73.1 Å². The van der Waals surface area contributed by atoms with Crippen LogP contribution in [0.5, 0.6) is 0 Å². The van der Waals surface area contributed by atoms with Gasteiger partial charge in [-0.25, -0.2) is 4.98 Å². The van der Waals surface area contributed by atoms with Gasteiger partial charge in [-0.15, -0.1) is 0 Å². The van der Waals surface area contributed by atoms with Crippen LogP contribution in [0.4, 0.5) is 11.8 Å². The van der Waals surface area contributed by atoms with Crippen LogP contribution in [0.15, 0.2) is 11.1 Å². The quantitative estimate of drug-likeness (QED) is 0.757. The molecule has 0 bridgehead atoms. The molecule has 3 N–H and O–H groups in total. The molecule has 0 amide bonds. The molecule has 1 saturated heterocycles. The molecule has 2 heterocycles. The maximum atomic E-state index is 5.66. The SMILES string of the molecule is CCCNc1cc(SC2COC2)nc(N)n1. The van der Waals surface area contributed by atoms with E-state index in [-0.39, 0.29) is 0 Å². The van der Waals surface area contributed by atoms with Gasteiger partial charge in [0.05, 0.1) is 18.5 Å². The van der Waals surface area contributed by atoms with Crippen molar-refractivity contribution in [1.82, 2.24) is 9.97 Å². The second kappa shape index (κ2) is 5.36. The lowest BCUT2D eigenvalue weighted by Crippen LogP contribution is -2.30. The van der Waals surface area contributed by atoms with E-state index in [1.807, 2.05) is 6.07 Å². The van der Waals surface area contributed by atoms with Crippen LogP contribution in [0.3, 0.4) is 0 Å². The van der Waals surface area contributed by atoms with Gasteiger partial charge in [-0.1, -0.05) is 18.7 Å². The van der Waals surface area contributed by atoms with E-state index in [0.29, 0.717) is 11.2 Å². The molecule has 1 aromatic heterocycles. The van der Waals surface area contributed by atoms with Crippen molar-refractivity contribution in [2.45, 2.75) is 23.6 Å². The van der Waals surface area contributed by atoms with E-state index in [0.717, 1.165) is 37.0 Å². The summed E-state index contributed by atoms with van der Waals surface area (Å²) in [5.41, 5.74) is 5.66. The van der Waals surface area contributed by atoms with Crippen molar-refractivity contribution in [3.8, 4) is 0 Å². The van der Waals surface area contributed by atoms with Crippen LogP contribution in [-0.2, 0) is 4.74 Å². The molecule has 0 aliphatic carbocycles. The lowest BCUT2D eigenvalue weighted by molar-refractivity contribution is 0.0454. The summed E-state index contributed by atoms with van der Waals surface area (Å²) in [5.74, 6) is 1.13. The number of anilines is 2. The van der Waals surface area contributed by atoms with Crippen molar-refractivity contribution in [1.29, 1.82) is 0 Å². The van der Waals surface area contributed by atoms with Crippen molar-refractivity contribution in [3.63, 3.8) is 0 Å². The van der Waals surface area contributed by atoms with Crippen LogP contribution in [-0.4, -0.2) is 35.0 Å². The van der Waals surface area contributed by atoms with Crippen molar-refractivity contribution in [2.75, 3.05) is 30.8 Å². The Hall–Kier alpha value is -1.01. The fourth-order valence-corrected chi connectivity index (χ4v) is 2.30. The molecule has 5 nitrogen and oxygen atoms in total. The molecular formula is C10H16N4OS. The lowest BCUT2D eigenvalue weighted by Gasteiger charge is -2.24. The standard InChI is InChI=1S/C10H16N4OS/c1-2-3-12-8-4-9(14-10(11)13-8)16-7-5-15-6-7/h4,7H,2-3,5-6H2,1H3,(H3,11,12,13,14). The molecule has 0 aromatic carbocycles. The average Bonchev–Trinajstić information content (AvgIpc) is 2.20. The van der Waals surface area contributed by atoms with Gasteiger partial charge in [0.25, 0.3) is 0 Å². The summed E-state index contributed by atoms with van der Waals surface area (Å²) in [6.45, 7) is 4.60. The third-order valence-corrected chi connectivity index (χ3v) is 3.23. The van der Waals surface area contributed by atoms with Crippen molar-refractivity contribution >= 4 is 23.5 Å². The highest BCUT2D eigenvalue weighted by atomic mass is 32.2. The van der Waals surface area contributed by atoms with Crippen LogP contribution in [0.25, 0.3) is 0 Å². The van der Waals surface area contributed by atoms with E-state index in [9.17, 15) is 0 Å². The first-order chi connectivity index (χ1) is 7.78. The maximum Gasteiger partial charge on any atom is 0.223 e. The highest BCUT2D eigenvalue weighted by molar-refractivity contribution is 8.00. The Bertz CT molecular complexity index is 357. The monoisotopic (exact) mass is 240 g/mol. The van der Waals surface area contributed by atoms with Gasteiger partial charge >= 0.3 is 0 Å². The summed E-state index contributed by atoms with van der Waals surface area (Å²) in [4.78, 5) is 8.33. The van der Waals surface area contributed by atoms with Gasteiger partial charge in [0.1, 0.15) is 10.8 Å². The molecule has 0 spiro atoms. The Balaban J connectivity index is 2.02. The minimum absolute atomic E-state index is 0.323. The van der Waals surface area contributed by atoms with Gasteiger partial charge in [-0.3, -0.25) is 0 Å². The number of nitrogens with two attached hydrogens (primary N) is 1. The number of hydrogen-bond acceptors (Lipinski definition) is 6. The predicted molar refractivity (Wildman–Crippen MR) is 65.7 cm³/mol. The van der Waals surface area contributed by atoms with Gasteiger partial charge < -0.3 is 15.8 Å². The van der Waals surface area contributed by atoms with Gasteiger partial charge in [-0.05, 0) is 6.42 Å². The summed E-state index contributed by atoms with van der Waals surface area (Å²) in [6.07, 6.45) is 1.06. The minimum atomic E-state index is 0.323. The second-order valence-electron chi connectivity index (χ2n) is 3.65. The highest BCUT2D eigenvalue weighted by Gasteiger charge is 2.20. The van der Waals surface area contributed by atoms with Crippen LogP contribution >= 0.6 is 11.8 Å². The number of nitrogens with one attached hydrogen (secondary N) is 1. The fraction of sp³-hybridized carbons (Fsp3) is 0.600. The zero-order chi connectivity index (χ0) is 11.4. The normalized spacial score (nSPS) is 15.8. The third-order valence-electron chi connectivity index (χ3n) is 2.17. The molecule has 1 aliphatic heterocycles. The first-order valence-electron chi connectivity index (χ1n) is 5.40. The molecule has 1 aliphatic rings. The van der Waals surface area contributed by atoms with Crippen LogP contribution in [0.1, 0.15) is 13.3 Å². The molecule has 0 radical (unpaired) electrons. The molecule has 0 atom stereocenters. The van der Waals surface area contributed by atoms with Crippen LogP contribution in [0.2, 0.25) is 0 Å². The molecule has 88 valence electrons. The second-order valence-corrected chi connectivity index (χ2v) is 4.97. The molecule has 16 heavy (non-hydrogen) atoms. The minimum Gasteiger partial charge on any atom is -0.379 e. The first kappa shape index (κ1) is 11.5. The molecule has 0 saturated carbocycles. The Morgan fingerprint density at radius 2 is 2.38 bits per heavy atom. The molecule has 6 heteroatoms. The summed E-state index contributed by atoms with van der Waals surface area (Å²) in [5, 5.41) is 4.63. The summed E-state index contributed by atoms with van der Waals surface area (Å²) in [7, 11) is 0. The number of nitrogen functional groups attached to an aromatic ring is 1. The third kappa shape index (κ3) is 2.99. The first-order valence-corrected chi connectivity index (χ1v) is 6.28. The Labute approximate surface area is 99.2 Å². The van der Waals surface area contributed by atoms with Crippen molar-refractivity contribution in [3.05, 3.63) is 6.07 Å². The van der Waals surface area contributed by atoms with Gasteiger partial charge in [-0.2, -0.15) is 4.98 Å². The van der Waals surface area contributed by atoms with Gasteiger partial charge in [0, 0.05) is 12.6 Å². The number of ether oxygens (including phenoxy) is 1. The molecule has 2 rings (SSSR count). The van der Waals surface area contributed by atoms with Gasteiger partial charge in [0.2, 0.25) is 5.95 Å². The van der Waals surface area contributed by atoms with E-state index < -0.39 is 0 Å². The summed E-state index contributed by atoms with van der Waals surface area (Å²) >= 11 is 1.70. The number of rotatable bonds is 5. The van der Waals surface area contributed by atoms with E-state index in [4.69, 9.17) is 10.5 Å². The average molecular weight is 240 g/mol. The Morgan fingerprint density at radius 1 is 1.56 bits per heavy atom. The number of thioether (sulfide) groups is 1. The zero-order valence-corrected chi connectivity index (χ0v) is 10.1. The smallest absolute Gasteiger partial charge is 0.223 e. The number of nitrogens with zero attached hydrogens (tertiary/aromatic N) is 2. The highest BCUT2D eigenvalue weighted by Crippen LogP contribution is 2.28. The largest absolute Gasteiger partial charge is 0.379 e. The van der Waals surface area contributed by atoms with Crippen LogP contribution < -0.4 is 11.1 Å². The maximum absolute atomic E-state index is 5.66. The number of hydrogen-bond donors (Lipinski definition) is 2. The molecule has 0 unspecified atom stereocenters. The van der Waals surface area contributed by atoms with Crippen LogP contribution in [0, 0.1) is 0 Å².